The lowest BCUT2D eigenvalue weighted by molar-refractivity contribution is 0.672. The second-order valence-electron chi connectivity index (χ2n) is 10.3. The number of hydrogen-bond donors (Lipinski definition) is 0. The molecule has 0 aliphatic carbocycles. The van der Waals surface area contributed by atoms with E-state index in [2.05, 4.69) is 0 Å². The van der Waals surface area contributed by atoms with Gasteiger partial charge >= 0.3 is 0 Å². The Morgan fingerprint density at radius 2 is 0.894 bits per heavy atom. The van der Waals surface area contributed by atoms with Crippen molar-refractivity contribution in [3.05, 3.63) is 169 Å². The van der Waals surface area contributed by atoms with E-state index in [1.165, 1.54) is 0 Å². The zero-order valence-corrected chi connectivity index (χ0v) is 23.4. The van der Waals surface area contributed by atoms with Crippen LogP contribution >= 0.6 is 0 Å². The topological polar surface area (TPSA) is 13.1 Å². The third-order valence-corrected chi connectivity index (χ3v) is 7.81. The van der Waals surface area contributed by atoms with Gasteiger partial charge in [0.15, 0.2) is 0 Å². The first-order valence-corrected chi connectivity index (χ1v) is 13.9. The van der Waals surface area contributed by atoms with Gasteiger partial charge in [-0.1, -0.05) is 151 Å². The molecule has 0 unspecified atom stereocenters. The maximum Gasteiger partial charge on any atom is 0.143 e. The predicted molar refractivity (Wildman–Crippen MR) is 200 cm³/mol. The molecular weight excluding hydrogens is 569 g/mol. The fourth-order valence-electron chi connectivity index (χ4n) is 5.85. The van der Waals surface area contributed by atoms with E-state index in [1.54, 1.807) is 0 Å². The Balaban J connectivity index is 1.53. The van der Waals surface area contributed by atoms with Crippen molar-refractivity contribution in [1.29, 1.82) is 0 Å². The summed E-state index contributed by atoms with van der Waals surface area (Å²) in [6.45, 7) is 0. The van der Waals surface area contributed by atoms with Gasteiger partial charge in [-0.05, 0) is 89.2 Å². The highest BCUT2D eigenvalue weighted by Gasteiger charge is 2.20. The maximum atomic E-state index is 9.87. The number of benzene rings is 9. The Morgan fingerprint density at radius 1 is 0.340 bits per heavy atom. The Kier molecular flexibility index (Phi) is 2.31. The standard InChI is InChI=1S/C46H28O/c1-2-12-29(13-3-1)32-25-26-40(35-17-7-6-16-34(32)35)45-38-20-10-8-18-36(38)44(37-19-9-11-21-39(37)45)31-23-27-43-42(28-31)41-24-22-30-14-4-5-15-33(30)46(41)47-43/h1-28H/i1D,2D,3D,4D,5D,6D,7D,8D,9D,10D,11D,12D,13D,14D,15D,16D,17D,18D,19D,20D,21D,22D,23D,24D,25D,26D,27D,28D. The molecule has 9 aromatic carbocycles. The van der Waals surface area contributed by atoms with Crippen LogP contribution in [0.1, 0.15) is 38.4 Å². The molecule has 0 fully saturated rings. The van der Waals surface area contributed by atoms with Crippen LogP contribution in [0.5, 0.6) is 0 Å². The van der Waals surface area contributed by atoms with Gasteiger partial charge in [-0.25, -0.2) is 0 Å². The minimum Gasteiger partial charge on any atom is -0.455 e. The molecule has 0 radical (unpaired) electrons. The Hall–Kier alpha value is -6.18. The van der Waals surface area contributed by atoms with Gasteiger partial charge in [-0.3, -0.25) is 0 Å². The first kappa shape index (κ1) is 10.7. The zero-order chi connectivity index (χ0) is 55.3. The molecule has 0 saturated heterocycles. The Bertz CT molecular complexity index is 4330. The number of furan rings is 1. The van der Waals surface area contributed by atoms with E-state index >= 15 is 0 Å². The fraction of sp³-hybridized carbons (Fsp3) is 0. The number of hydrogen-bond acceptors (Lipinski definition) is 1. The van der Waals surface area contributed by atoms with Gasteiger partial charge in [0, 0.05) is 16.2 Å². The Morgan fingerprint density at radius 3 is 1.60 bits per heavy atom. The molecule has 0 atom stereocenters. The van der Waals surface area contributed by atoms with Gasteiger partial charge < -0.3 is 4.42 Å². The van der Waals surface area contributed by atoms with Gasteiger partial charge in [0.1, 0.15) is 11.2 Å². The van der Waals surface area contributed by atoms with Crippen LogP contribution in [0.4, 0.5) is 0 Å². The first-order chi connectivity index (χ1) is 35.0. The van der Waals surface area contributed by atoms with E-state index in [4.69, 9.17) is 27.7 Å². The minimum absolute atomic E-state index is 0.425. The van der Waals surface area contributed by atoms with E-state index in [0.717, 1.165) is 0 Å². The van der Waals surface area contributed by atoms with Gasteiger partial charge in [0.25, 0.3) is 0 Å². The lowest BCUT2D eigenvalue weighted by atomic mass is 9.83. The predicted octanol–water partition coefficient (Wildman–Crippen LogP) is 13.2. The summed E-state index contributed by atoms with van der Waals surface area (Å²) in [5, 5.41) is -6.45. The quantitative estimate of drug-likeness (QED) is 0.178. The van der Waals surface area contributed by atoms with E-state index in [1.807, 2.05) is 0 Å². The molecule has 218 valence electrons. The molecule has 0 aliphatic heterocycles. The fourth-order valence-corrected chi connectivity index (χ4v) is 5.85. The minimum atomic E-state index is -1.09. The highest BCUT2D eigenvalue weighted by Crippen LogP contribution is 2.47. The number of fused-ring (bicyclic) bond motifs is 8. The van der Waals surface area contributed by atoms with Gasteiger partial charge in [-0.2, -0.15) is 0 Å². The summed E-state index contributed by atoms with van der Waals surface area (Å²) in [5.74, 6) is 0. The SMILES string of the molecule is [2H]c1c([2H])c([2H])c(-c2c([2H])c([2H])c(-c3c4c([2H])c([2H])c([2H])c([2H])c4c(-c4c([2H])c([2H])c5oc6c7c([2H])c([2H])c([2H])c([2H])c7c([2H])c([2H])c6c5c4[2H])c4c([2H])c([2H])c([2H])c([2H])c34)c3c([2H])c([2H])c([2H])c([2H])c23)c([2H])c1[2H]. The molecule has 0 aliphatic rings. The van der Waals surface area contributed by atoms with Crippen molar-refractivity contribution in [2.24, 2.45) is 0 Å². The molecule has 0 N–H and O–H groups in total. The Labute approximate surface area is 311 Å². The highest BCUT2D eigenvalue weighted by atomic mass is 16.3. The first-order valence-electron chi connectivity index (χ1n) is 27.9. The van der Waals surface area contributed by atoms with E-state index in [9.17, 15) is 15.1 Å². The summed E-state index contributed by atoms with van der Waals surface area (Å²) in [6.07, 6.45) is 0. The van der Waals surface area contributed by atoms with E-state index < -0.39 is 268 Å². The summed E-state index contributed by atoms with van der Waals surface area (Å²) in [4.78, 5) is 0. The lowest BCUT2D eigenvalue weighted by Crippen LogP contribution is -1.92. The molecular formula is C46H28O. The molecule has 47 heavy (non-hydrogen) atoms. The van der Waals surface area contributed by atoms with Crippen molar-refractivity contribution in [1.82, 2.24) is 0 Å². The average molecular weight is 625 g/mol. The van der Waals surface area contributed by atoms with Gasteiger partial charge in [0.05, 0.1) is 38.4 Å². The molecule has 0 bridgehead atoms. The smallest absolute Gasteiger partial charge is 0.143 e. The van der Waals surface area contributed by atoms with Crippen molar-refractivity contribution in [2.45, 2.75) is 0 Å². The molecule has 1 heterocycles. The van der Waals surface area contributed by atoms with Crippen LogP contribution in [0, 0.1) is 0 Å². The van der Waals surface area contributed by atoms with Crippen LogP contribution in [-0.2, 0) is 0 Å². The lowest BCUT2D eigenvalue weighted by Gasteiger charge is -2.19. The third kappa shape index (κ3) is 3.90. The monoisotopic (exact) mass is 624 g/mol. The van der Waals surface area contributed by atoms with Crippen LogP contribution in [0.25, 0.3) is 98.4 Å². The highest BCUT2D eigenvalue weighted by molar-refractivity contribution is 6.25. The second kappa shape index (κ2) is 10.2. The largest absolute Gasteiger partial charge is 0.455 e. The summed E-state index contributed by atoms with van der Waals surface area (Å²) in [6, 6.07) is -26.2. The van der Waals surface area contributed by atoms with Crippen molar-refractivity contribution in [3.63, 3.8) is 0 Å². The molecule has 0 amide bonds. The average Bonchev–Trinajstić information content (AvgIpc) is 3.79. The molecule has 0 spiro atoms. The molecule has 1 nitrogen and oxygen atoms in total. The van der Waals surface area contributed by atoms with Crippen molar-refractivity contribution in [3.8, 4) is 33.4 Å². The van der Waals surface area contributed by atoms with Crippen LogP contribution < -0.4 is 0 Å². The molecule has 10 rings (SSSR count). The van der Waals surface area contributed by atoms with Gasteiger partial charge in [-0.15, -0.1) is 0 Å². The summed E-state index contributed by atoms with van der Waals surface area (Å²) < 4.78 is 259. The normalized spacial score (nSPS) is 20.2. The summed E-state index contributed by atoms with van der Waals surface area (Å²) >= 11 is 0. The van der Waals surface area contributed by atoms with E-state index in [-0.39, 0.29) is 0 Å². The molecule has 1 heteroatoms. The second-order valence-corrected chi connectivity index (χ2v) is 10.3. The summed E-state index contributed by atoms with van der Waals surface area (Å²) in [7, 11) is 0. The number of rotatable bonds is 3. The van der Waals surface area contributed by atoms with Crippen molar-refractivity contribution >= 4 is 65.0 Å². The van der Waals surface area contributed by atoms with Crippen molar-refractivity contribution in [2.75, 3.05) is 0 Å². The summed E-state index contributed by atoms with van der Waals surface area (Å²) in [5.41, 5.74) is -5.75. The zero-order valence-electron chi connectivity index (χ0n) is 51.4. The third-order valence-electron chi connectivity index (χ3n) is 7.81. The van der Waals surface area contributed by atoms with Crippen LogP contribution in [-0.4, -0.2) is 0 Å². The molecule has 10 aromatic rings. The van der Waals surface area contributed by atoms with Crippen LogP contribution in [0.2, 0.25) is 0 Å². The molecule has 0 saturated carbocycles. The van der Waals surface area contributed by atoms with E-state index in [0.29, 0.717) is 0 Å². The van der Waals surface area contributed by atoms with Crippen LogP contribution in [0.3, 0.4) is 0 Å². The maximum absolute atomic E-state index is 9.87. The van der Waals surface area contributed by atoms with Crippen LogP contribution in [0.15, 0.2) is 174 Å². The molecule has 1 aromatic heterocycles. The van der Waals surface area contributed by atoms with Gasteiger partial charge in [0.2, 0.25) is 0 Å². The van der Waals surface area contributed by atoms with Crippen molar-refractivity contribution < 1.29 is 42.8 Å².